The molecule has 0 saturated carbocycles. The number of aromatic nitrogens is 1. The van der Waals surface area contributed by atoms with Crippen LogP contribution in [0.25, 0.3) is 0 Å². The van der Waals surface area contributed by atoms with E-state index in [9.17, 15) is 9.59 Å². The molecule has 0 unspecified atom stereocenters. The van der Waals surface area contributed by atoms with Crippen molar-refractivity contribution in [2.24, 2.45) is 0 Å². The smallest absolute Gasteiger partial charge is 0.246 e. The van der Waals surface area contributed by atoms with Gasteiger partial charge in [0.05, 0.1) is 31.1 Å². The summed E-state index contributed by atoms with van der Waals surface area (Å²) in [6.45, 7) is 3.06. The highest BCUT2D eigenvalue weighted by Crippen LogP contribution is 2.29. The van der Waals surface area contributed by atoms with E-state index in [2.05, 4.69) is 10.3 Å². The molecule has 1 aliphatic heterocycles. The Kier molecular flexibility index (Phi) is 4.32. The van der Waals surface area contributed by atoms with Gasteiger partial charge >= 0.3 is 0 Å². The summed E-state index contributed by atoms with van der Waals surface area (Å²) in [5, 5.41) is 3.09. The molecule has 2 aromatic rings. The van der Waals surface area contributed by atoms with E-state index in [4.69, 9.17) is 4.74 Å². The Hall–Kier alpha value is -2.76. The highest BCUT2D eigenvalue weighted by molar-refractivity contribution is 6.02. The van der Waals surface area contributed by atoms with E-state index >= 15 is 0 Å². The number of benzene rings is 1. The number of nitrogens with zero attached hydrogens (tertiary/aromatic N) is 1. The molecule has 6 nitrogen and oxygen atoms in total. The Morgan fingerprint density at radius 2 is 2.09 bits per heavy atom. The molecule has 1 amide bonds. The summed E-state index contributed by atoms with van der Waals surface area (Å²) in [7, 11) is 0. The third-order valence-corrected chi connectivity index (χ3v) is 3.65. The van der Waals surface area contributed by atoms with Gasteiger partial charge in [0.15, 0.2) is 5.75 Å². The Labute approximate surface area is 134 Å². The molecular weight excluding hydrogens is 294 g/mol. The number of carbonyl (C=O) groups is 1. The number of pyridine rings is 1. The van der Waals surface area contributed by atoms with Crippen LogP contribution in [0, 0.1) is 0 Å². The van der Waals surface area contributed by atoms with E-state index in [-0.39, 0.29) is 17.9 Å². The fourth-order valence-corrected chi connectivity index (χ4v) is 2.52. The molecule has 0 spiro atoms. The largest absolute Gasteiger partial charge is 0.488 e. The van der Waals surface area contributed by atoms with Crippen molar-refractivity contribution in [2.75, 3.05) is 23.4 Å². The van der Waals surface area contributed by atoms with Gasteiger partial charge in [0, 0.05) is 18.0 Å². The Morgan fingerprint density at radius 1 is 1.26 bits per heavy atom. The minimum atomic E-state index is -0.178. The first-order chi connectivity index (χ1) is 11.2. The number of anilines is 2. The van der Waals surface area contributed by atoms with Gasteiger partial charge in [0.1, 0.15) is 0 Å². The van der Waals surface area contributed by atoms with E-state index in [1.54, 1.807) is 11.1 Å². The van der Waals surface area contributed by atoms with Gasteiger partial charge in [0.25, 0.3) is 0 Å². The van der Waals surface area contributed by atoms with Crippen LogP contribution in [0.5, 0.6) is 5.75 Å². The lowest BCUT2D eigenvalue weighted by Gasteiger charge is -2.30. The molecule has 1 aromatic heterocycles. The lowest BCUT2D eigenvalue weighted by Crippen LogP contribution is -2.39. The number of aromatic amines is 1. The predicted octanol–water partition coefficient (Wildman–Crippen LogP) is 2.12. The van der Waals surface area contributed by atoms with Gasteiger partial charge in [-0.1, -0.05) is 19.1 Å². The van der Waals surface area contributed by atoms with Gasteiger partial charge in [-0.05, 0) is 18.6 Å². The fourth-order valence-electron chi connectivity index (χ4n) is 2.52. The molecule has 0 saturated heterocycles. The molecule has 2 heterocycles. The quantitative estimate of drug-likeness (QED) is 0.887. The van der Waals surface area contributed by atoms with Crippen LogP contribution in [0.2, 0.25) is 0 Å². The number of H-pyrrole nitrogens is 1. The van der Waals surface area contributed by atoms with Crippen molar-refractivity contribution < 1.29 is 9.53 Å². The van der Waals surface area contributed by atoms with Gasteiger partial charge in [-0.2, -0.15) is 0 Å². The maximum absolute atomic E-state index is 12.2. The van der Waals surface area contributed by atoms with Crippen molar-refractivity contribution >= 4 is 17.3 Å². The van der Waals surface area contributed by atoms with Crippen LogP contribution < -0.4 is 20.4 Å². The average Bonchev–Trinajstić information content (AvgIpc) is 2.57. The highest BCUT2D eigenvalue weighted by Gasteiger charge is 2.23. The summed E-state index contributed by atoms with van der Waals surface area (Å²) in [4.78, 5) is 29.0. The summed E-state index contributed by atoms with van der Waals surface area (Å²) in [6.07, 6.45) is 2.40. The van der Waals surface area contributed by atoms with E-state index in [0.717, 1.165) is 17.8 Å². The number of ether oxygens (including phenoxy) is 1. The van der Waals surface area contributed by atoms with Crippen LogP contribution >= 0.6 is 0 Å². The number of fused-ring (bicyclic) bond motifs is 1. The second-order valence-corrected chi connectivity index (χ2v) is 5.39. The van der Waals surface area contributed by atoms with Crippen LogP contribution in [0.4, 0.5) is 11.4 Å². The first-order valence-corrected chi connectivity index (χ1v) is 7.66. The Balaban J connectivity index is 1.83. The Bertz CT molecular complexity index is 770. The second kappa shape index (κ2) is 6.56. The zero-order chi connectivity index (χ0) is 16.2. The fraction of sp³-hybridized carbons (Fsp3) is 0.294. The predicted molar refractivity (Wildman–Crippen MR) is 89.0 cm³/mol. The zero-order valence-corrected chi connectivity index (χ0v) is 13.0. The molecule has 1 aromatic carbocycles. The topological polar surface area (TPSA) is 74.4 Å². The second-order valence-electron chi connectivity index (χ2n) is 5.39. The first kappa shape index (κ1) is 15.1. The molecule has 0 bridgehead atoms. The number of carbonyl (C=O) groups excluding carboxylic acids is 1. The van der Waals surface area contributed by atoms with Crippen molar-refractivity contribution in [3.8, 4) is 5.75 Å². The number of hydrogen-bond acceptors (Lipinski definition) is 4. The third-order valence-electron chi connectivity index (χ3n) is 3.65. The van der Waals surface area contributed by atoms with E-state index in [1.165, 1.54) is 6.07 Å². The van der Waals surface area contributed by atoms with Gasteiger partial charge in [-0.25, -0.2) is 0 Å². The number of rotatable bonds is 5. The molecule has 0 radical (unpaired) electrons. The minimum Gasteiger partial charge on any atom is -0.488 e. The van der Waals surface area contributed by atoms with Crippen LogP contribution in [-0.2, 0) is 11.3 Å². The minimum absolute atomic E-state index is 0.0316. The first-order valence-electron chi connectivity index (χ1n) is 7.66. The molecule has 0 aliphatic carbocycles. The van der Waals surface area contributed by atoms with Gasteiger partial charge < -0.3 is 19.9 Å². The van der Waals surface area contributed by atoms with Crippen LogP contribution in [0.1, 0.15) is 19.0 Å². The summed E-state index contributed by atoms with van der Waals surface area (Å²) in [5.41, 5.74) is 2.22. The summed E-state index contributed by atoms with van der Waals surface area (Å²) < 4.78 is 5.37. The SMILES string of the molecule is CCCOc1c[nH]c(CN2C(=O)CNc3ccccc32)cc1=O. The van der Waals surface area contributed by atoms with E-state index in [1.807, 2.05) is 31.2 Å². The molecule has 2 N–H and O–H groups in total. The van der Waals surface area contributed by atoms with Gasteiger partial charge in [0.2, 0.25) is 11.3 Å². The summed E-state index contributed by atoms with van der Waals surface area (Å²) >= 11 is 0. The van der Waals surface area contributed by atoms with Crippen molar-refractivity contribution in [2.45, 2.75) is 19.9 Å². The van der Waals surface area contributed by atoms with Gasteiger partial charge in [-0.15, -0.1) is 0 Å². The van der Waals surface area contributed by atoms with Gasteiger partial charge in [-0.3, -0.25) is 9.59 Å². The summed E-state index contributed by atoms with van der Waals surface area (Å²) in [5.74, 6) is 0.276. The Morgan fingerprint density at radius 3 is 2.87 bits per heavy atom. The number of amides is 1. The lowest BCUT2D eigenvalue weighted by molar-refractivity contribution is -0.117. The van der Waals surface area contributed by atoms with Crippen LogP contribution in [-0.4, -0.2) is 24.0 Å². The molecule has 3 rings (SSSR count). The number of nitrogens with one attached hydrogen (secondary N) is 2. The third kappa shape index (κ3) is 3.21. The lowest BCUT2D eigenvalue weighted by atomic mass is 10.2. The van der Waals surface area contributed by atoms with Crippen LogP contribution in [0.15, 0.2) is 41.3 Å². The monoisotopic (exact) mass is 313 g/mol. The maximum Gasteiger partial charge on any atom is 0.246 e. The van der Waals surface area contributed by atoms with E-state index < -0.39 is 0 Å². The molecule has 120 valence electrons. The molecule has 6 heteroatoms. The van der Waals surface area contributed by atoms with Crippen molar-refractivity contribution in [3.05, 3.63) is 52.4 Å². The molecule has 23 heavy (non-hydrogen) atoms. The van der Waals surface area contributed by atoms with Crippen molar-refractivity contribution in [3.63, 3.8) is 0 Å². The molecule has 0 atom stereocenters. The number of para-hydroxylation sites is 2. The average molecular weight is 313 g/mol. The molecular formula is C17H19N3O3. The zero-order valence-electron chi connectivity index (χ0n) is 13.0. The van der Waals surface area contributed by atoms with Crippen LogP contribution in [0.3, 0.4) is 0 Å². The summed E-state index contributed by atoms with van der Waals surface area (Å²) in [6, 6.07) is 9.11. The normalized spacial score (nSPS) is 13.4. The van der Waals surface area contributed by atoms with Crippen molar-refractivity contribution in [1.29, 1.82) is 0 Å². The standard InChI is InChI=1S/C17H19N3O3/c1-2-7-23-16-9-18-12(8-15(16)21)11-20-14-6-4-3-5-13(14)19-10-17(20)22/h3-6,8-9,19H,2,7,10-11H2,1H3,(H,18,21). The van der Waals surface area contributed by atoms with Crippen molar-refractivity contribution in [1.82, 2.24) is 4.98 Å². The van der Waals surface area contributed by atoms with E-state index in [0.29, 0.717) is 24.6 Å². The highest BCUT2D eigenvalue weighted by atomic mass is 16.5. The number of hydrogen-bond donors (Lipinski definition) is 2. The molecule has 1 aliphatic rings. The maximum atomic E-state index is 12.2. The molecule has 0 fully saturated rings.